The monoisotopic (exact) mass is 348 g/mol. The molecule has 0 radical (unpaired) electrons. The number of carbonyl (C=O) groups excluding carboxylic acids is 1. The van der Waals surface area contributed by atoms with E-state index in [1.54, 1.807) is 10.6 Å². The zero-order chi connectivity index (χ0) is 17.2. The van der Waals surface area contributed by atoms with Crippen molar-refractivity contribution in [3.05, 3.63) is 95.3 Å². The van der Waals surface area contributed by atoms with E-state index in [2.05, 4.69) is 5.32 Å². The highest BCUT2D eigenvalue weighted by Crippen LogP contribution is 2.31. The van der Waals surface area contributed by atoms with Crippen LogP contribution in [0.5, 0.6) is 0 Å². The van der Waals surface area contributed by atoms with Crippen molar-refractivity contribution >= 4 is 28.9 Å². The van der Waals surface area contributed by atoms with Gasteiger partial charge in [0, 0.05) is 23.3 Å². The minimum absolute atomic E-state index is 0.203. The van der Waals surface area contributed by atoms with E-state index in [4.69, 9.17) is 16.6 Å². The van der Waals surface area contributed by atoms with Crippen LogP contribution in [0.1, 0.15) is 17.3 Å². The molecule has 0 fully saturated rings. The van der Waals surface area contributed by atoms with Gasteiger partial charge in [0.25, 0.3) is 0 Å². The molecular weight excluding hydrogens is 334 g/mol. The van der Waals surface area contributed by atoms with Gasteiger partial charge in [-0.15, -0.1) is 0 Å². The quantitative estimate of drug-likeness (QED) is 0.706. The lowest BCUT2D eigenvalue weighted by atomic mass is 10.0. The molecule has 0 aliphatic carbocycles. The van der Waals surface area contributed by atoms with Gasteiger partial charge in [-0.05, 0) is 12.1 Å². The van der Waals surface area contributed by atoms with E-state index in [-0.39, 0.29) is 5.91 Å². The highest BCUT2D eigenvalue weighted by Gasteiger charge is 2.32. The molecule has 4 rings (SSSR count). The Hall–Kier alpha value is -2.98. The van der Waals surface area contributed by atoms with Gasteiger partial charge in [-0.1, -0.05) is 54.1 Å². The molecule has 0 bridgehead atoms. The number of halogens is 1. The van der Waals surface area contributed by atoms with Gasteiger partial charge >= 0.3 is 12.1 Å². The summed E-state index contributed by atoms with van der Waals surface area (Å²) in [6, 6.07) is 20.9. The Morgan fingerprint density at radius 1 is 0.920 bits per heavy atom. The summed E-state index contributed by atoms with van der Waals surface area (Å²) in [7, 11) is 0. The Bertz CT molecular complexity index is 955. The molecule has 1 N–H and O–H groups in total. The van der Waals surface area contributed by atoms with Crippen LogP contribution in [0.3, 0.4) is 0 Å². The van der Waals surface area contributed by atoms with Crippen LogP contribution in [0, 0.1) is 0 Å². The first-order valence-electron chi connectivity index (χ1n) is 7.93. The lowest BCUT2D eigenvalue weighted by molar-refractivity contribution is -0.707. The standard InChI is InChI=1S/C20H14ClN3O/c21-15-10-7-11-16-17(15)18(14-8-3-1-4-9-14)23-19(20(25)22-16)24-12-5-2-6-13-24/h1-13,19H/p+1. The molecule has 1 amide bonds. The van der Waals surface area contributed by atoms with Crippen LogP contribution in [0.25, 0.3) is 0 Å². The molecule has 3 aromatic rings. The third-order valence-corrected chi connectivity index (χ3v) is 4.38. The summed E-state index contributed by atoms with van der Waals surface area (Å²) in [6.07, 6.45) is 2.95. The first-order chi connectivity index (χ1) is 12.2. The van der Waals surface area contributed by atoms with E-state index in [9.17, 15) is 4.79 Å². The molecule has 1 atom stereocenters. The molecule has 1 aliphatic rings. The molecule has 122 valence electrons. The maximum Gasteiger partial charge on any atom is 0.331 e. The maximum atomic E-state index is 12.8. The minimum Gasteiger partial charge on any atom is -0.318 e. The number of aliphatic imine (C=N–C) groups is 1. The van der Waals surface area contributed by atoms with Crippen LogP contribution in [0.4, 0.5) is 5.69 Å². The fraction of sp³-hybridized carbons (Fsp3) is 0.0500. The van der Waals surface area contributed by atoms with Crippen molar-refractivity contribution in [3.8, 4) is 0 Å². The first-order valence-corrected chi connectivity index (χ1v) is 8.30. The normalized spacial score (nSPS) is 16.4. The third kappa shape index (κ3) is 2.92. The van der Waals surface area contributed by atoms with Crippen LogP contribution < -0.4 is 9.88 Å². The number of nitrogens with zero attached hydrogens (tertiary/aromatic N) is 2. The van der Waals surface area contributed by atoms with Crippen molar-refractivity contribution in [1.82, 2.24) is 0 Å². The van der Waals surface area contributed by atoms with E-state index < -0.39 is 6.17 Å². The van der Waals surface area contributed by atoms with Gasteiger partial charge < -0.3 is 5.32 Å². The van der Waals surface area contributed by atoms with Gasteiger partial charge in [0.05, 0.1) is 16.4 Å². The second-order valence-electron chi connectivity index (χ2n) is 5.69. The number of rotatable bonds is 2. The van der Waals surface area contributed by atoms with E-state index in [1.165, 1.54) is 0 Å². The van der Waals surface area contributed by atoms with E-state index in [0.29, 0.717) is 16.4 Å². The summed E-state index contributed by atoms with van der Waals surface area (Å²) in [5, 5.41) is 3.51. The van der Waals surface area contributed by atoms with Gasteiger partial charge in [-0.3, -0.25) is 4.79 Å². The lowest BCUT2D eigenvalue weighted by Crippen LogP contribution is -2.44. The van der Waals surface area contributed by atoms with Gasteiger partial charge in [0.15, 0.2) is 12.4 Å². The molecule has 1 aromatic heterocycles. The number of amides is 1. The largest absolute Gasteiger partial charge is 0.331 e. The molecule has 0 spiro atoms. The number of carbonyl (C=O) groups is 1. The number of anilines is 1. The number of benzene rings is 2. The van der Waals surface area contributed by atoms with Gasteiger partial charge in [-0.2, -0.15) is 4.57 Å². The smallest absolute Gasteiger partial charge is 0.318 e. The van der Waals surface area contributed by atoms with Crippen molar-refractivity contribution in [2.24, 2.45) is 4.99 Å². The van der Waals surface area contributed by atoms with Gasteiger partial charge in [0.2, 0.25) is 0 Å². The average Bonchev–Trinajstić information content (AvgIpc) is 2.80. The van der Waals surface area contributed by atoms with Crippen molar-refractivity contribution in [2.75, 3.05) is 5.32 Å². The topological polar surface area (TPSA) is 45.3 Å². The Kier molecular flexibility index (Phi) is 4.04. The summed E-state index contributed by atoms with van der Waals surface area (Å²) in [4.78, 5) is 17.6. The average molecular weight is 349 g/mol. The Morgan fingerprint density at radius 3 is 2.40 bits per heavy atom. The van der Waals surface area contributed by atoms with Crippen LogP contribution in [0.15, 0.2) is 84.1 Å². The first kappa shape index (κ1) is 15.5. The number of aromatic nitrogens is 1. The number of nitrogens with one attached hydrogen (secondary N) is 1. The fourth-order valence-corrected chi connectivity index (χ4v) is 3.17. The number of fused-ring (bicyclic) bond motifs is 1. The molecule has 2 aromatic carbocycles. The fourth-order valence-electron chi connectivity index (χ4n) is 2.90. The highest BCUT2D eigenvalue weighted by atomic mass is 35.5. The molecule has 1 unspecified atom stereocenters. The van der Waals surface area contributed by atoms with Gasteiger partial charge in [-0.25, -0.2) is 4.99 Å². The second-order valence-corrected chi connectivity index (χ2v) is 6.10. The highest BCUT2D eigenvalue weighted by molar-refractivity contribution is 6.37. The number of hydrogen-bond donors (Lipinski definition) is 1. The van der Waals surface area contributed by atoms with Crippen LogP contribution in [-0.2, 0) is 4.79 Å². The number of hydrogen-bond acceptors (Lipinski definition) is 2. The van der Waals surface area contributed by atoms with E-state index in [1.807, 2.05) is 73.1 Å². The zero-order valence-corrected chi connectivity index (χ0v) is 14.0. The van der Waals surface area contributed by atoms with Crippen molar-refractivity contribution in [2.45, 2.75) is 6.17 Å². The van der Waals surface area contributed by atoms with E-state index >= 15 is 0 Å². The SMILES string of the molecule is O=C1Nc2cccc(Cl)c2C(c2ccccc2)=NC1[n+]1ccccc1. The molecule has 25 heavy (non-hydrogen) atoms. The van der Waals surface area contributed by atoms with Crippen LogP contribution >= 0.6 is 11.6 Å². The summed E-state index contributed by atoms with van der Waals surface area (Å²) in [6.45, 7) is 0. The van der Waals surface area contributed by atoms with Crippen molar-refractivity contribution < 1.29 is 9.36 Å². The van der Waals surface area contributed by atoms with Crippen molar-refractivity contribution in [1.29, 1.82) is 0 Å². The summed E-state index contributed by atoms with van der Waals surface area (Å²) < 4.78 is 1.78. The predicted octanol–water partition coefficient (Wildman–Crippen LogP) is 3.62. The Morgan fingerprint density at radius 2 is 1.64 bits per heavy atom. The predicted molar refractivity (Wildman–Crippen MR) is 97.8 cm³/mol. The molecule has 2 heterocycles. The third-order valence-electron chi connectivity index (χ3n) is 4.06. The van der Waals surface area contributed by atoms with Gasteiger partial charge in [0.1, 0.15) is 0 Å². The Balaban J connectivity index is 1.96. The van der Waals surface area contributed by atoms with E-state index in [0.717, 1.165) is 11.1 Å². The molecule has 5 heteroatoms. The minimum atomic E-state index is -0.708. The molecule has 1 aliphatic heterocycles. The lowest BCUT2D eigenvalue weighted by Gasteiger charge is -2.11. The van der Waals surface area contributed by atoms with Crippen LogP contribution in [-0.4, -0.2) is 11.6 Å². The maximum absolute atomic E-state index is 12.8. The molecule has 0 saturated heterocycles. The summed E-state index contributed by atoms with van der Waals surface area (Å²) in [5.74, 6) is -0.203. The van der Waals surface area contributed by atoms with Crippen molar-refractivity contribution in [3.63, 3.8) is 0 Å². The summed E-state index contributed by atoms with van der Waals surface area (Å²) >= 11 is 6.46. The summed E-state index contributed by atoms with van der Waals surface area (Å²) in [5.41, 5.74) is 3.01. The second kappa shape index (κ2) is 6.49. The number of pyridine rings is 1. The molecular formula is C20H15ClN3O+. The zero-order valence-electron chi connectivity index (χ0n) is 13.3. The Labute approximate surface area is 150 Å². The molecule has 4 nitrogen and oxygen atoms in total. The number of benzodiazepines with no additional fused rings is 1. The molecule has 0 saturated carbocycles. The van der Waals surface area contributed by atoms with Crippen LogP contribution in [0.2, 0.25) is 5.02 Å².